The quantitative estimate of drug-likeness (QED) is 0.110. The van der Waals surface area contributed by atoms with Gasteiger partial charge in [-0.2, -0.15) is 0 Å². The third kappa shape index (κ3) is 7.06. The van der Waals surface area contributed by atoms with Gasteiger partial charge in [-0.3, -0.25) is 4.79 Å². The molecule has 2 aliphatic heterocycles. The Kier molecular flexibility index (Phi) is 12.0. The molecule has 4 aromatic rings. The zero-order valence-corrected chi connectivity index (χ0v) is 32.8. The first-order valence-corrected chi connectivity index (χ1v) is 19.1. The maximum absolute atomic E-state index is 12.2. The number of aliphatic hydroxyl groups excluding tert-OH is 1. The van der Waals surface area contributed by atoms with Crippen molar-refractivity contribution in [3.63, 3.8) is 0 Å². The van der Waals surface area contributed by atoms with E-state index in [0.29, 0.717) is 21.7 Å². The van der Waals surface area contributed by atoms with Gasteiger partial charge in [-0.05, 0) is 25.7 Å². The van der Waals surface area contributed by atoms with Gasteiger partial charge in [-0.25, -0.2) is 0 Å². The summed E-state index contributed by atoms with van der Waals surface area (Å²) >= 11 is 0.628. The van der Waals surface area contributed by atoms with Crippen molar-refractivity contribution in [3.05, 3.63) is 96.9 Å². The average molecular weight is 905 g/mol. The molecule has 45 heavy (non-hydrogen) atoms. The van der Waals surface area contributed by atoms with Crippen LogP contribution >= 0.6 is 0 Å². The van der Waals surface area contributed by atoms with Crippen LogP contribution < -0.4 is 34.2 Å². The summed E-state index contributed by atoms with van der Waals surface area (Å²) < 4.78 is 5.99. The predicted molar refractivity (Wildman–Crippen MR) is 189 cm³/mol. The molecule has 1 aromatic heterocycles. The van der Waals surface area contributed by atoms with Gasteiger partial charge < -0.3 is 5.11 Å². The number of rotatable bonds is 8. The normalized spacial score (nSPS) is 13.4. The van der Waals surface area contributed by atoms with Crippen LogP contribution in [0, 0.1) is 16.9 Å². The summed E-state index contributed by atoms with van der Waals surface area (Å²) in [4.78, 5) is 16.8. The van der Waals surface area contributed by atoms with Gasteiger partial charge >= 0.3 is 172 Å². The van der Waals surface area contributed by atoms with Gasteiger partial charge in [-0.1, -0.05) is 41.5 Å². The van der Waals surface area contributed by atoms with Crippen LogP contribution in [-0.4, -0.2) is 52.5 Å². The first kappa shape index (κ1) is 35.6. The van der Waals surface area contributed by atoms with Crippen molar-refractivity contribution < 1.29 is 30.0 Å². The molecule has 0 atom stereocenters. The Morgan fingerprint density at radius 1 is 0.822 bits per heavy atom. The predicted octanol–water partition coefficient (Wildman–Crippen LogP) is 3.65. The standard InChI is InChI=1S/C23H13BNSe2.C15H28O2.Ir/c1-3-10-19-16(7-1)24-17-8-2-4-11-20(17)27-23-15(18-9-5-6-14-25-18)12-13-21(26-19)22(23)24;1-7-14(5,8-2)12(16)11-13(17)15(6,9-3)10-4;/h1-11,13-14H;11,16H,7-10H2,1-6H3;/q-1;;/b;12-11-;. The van der Waals surface area contributed by atoms with Crippen LogP contribution in [0.1, 0.15) is 67.2 Å². The Hall–Kier alpha value is -2.23. The van der Waals surface area contributed by atoms with Gasteiger partial charge in [0.25, 0.3) is 0 Å². The van der Waals surface area contributed by atoms with Crippen LogP contribution in [0.5, 0.6) is 0 Å². The number of carbonyl (C=O) groups is 1. The number of pyridine rings is 1. The summed E-state index contributed by atoms with van der Waals surface area (Å²) in [5.41, 5.74) is 6.17. The topological polar surface area (TPSA) is 50.2 Å². The average Bonchev–Trinajstić information content (AvgIpc) is 3.08. The van der Waals surface area contributed by atoms with E-state index in [0.717, 1.165) is 31.4 Å². The number of benzene rings is 3. The molecule has 0 saturated heterocycles. The van der Waals surface area contributed by atoms with Crippen LogP contribution in [0.4, 0.5) is 0 Å². The van der Waals surface area contributed by atoms with Crippen molar-refractivity contribution in [1.29, 1.82) is 0 Å². The number of ketones is 1. The van der Waals surface area contributed by atoms with Gasteiger partial charge in [-0.15, -0.1) is 0 Å². The Morgan fingerprint density at radius 3 is 1.93 bits per heavy atom. The van der Waals surface area contributed by atoms with Crippen LogP contribution in [0.25, 0.3) is 11.3 Å². The summed E-state index contributed by atoms with van der Waals surface area (Å²) in [5, 5.41) is 10.1. The second-order valence-corrected chi connectivity index (χ2v) is 16.6. The molecular weight excluding hydrogens is 863 g/mol. The molecule has 3 heterocycles. The van der Waals surface area contributed by atoms with Gasteiger partial charge in [0, 0.05) is 37.0 Å². The van der Waals surface area contributed by atoms with E-state index >= 15 is 0 Å². The van der Waals surface area contributed by atoms with Crippen molar-refractivity contribution in [2.75, 3.05) is 0 Å². The zero-order chi connectivity index (χ0) is 31.5. The number of aliphatic hydroxyl groups is 1. The Balaban J connectivity index is 0.000000226. The first-order chi connectivity index (χ1) is 21.2. The Labute approximate surface area is 295 Å². The molecule has 0 fully saturated rings. The van der Waals surface area contributed by atoms with Crippen molar-refractivity contribution in [3.8, 4) is 11.3 Å². The number of allylic oxidation sites excluding steroid dienone is 2. The number of nitrogens with zero attached hydrogens (tertiary/aromatic N) is 1. The Bertz CT molecular complexity index is 1670. The zero-order valence-electron chi connectivity index (χ0n) is 26.9. The minimum absolute atomic E-state index is 0. The van der Waals surface area contributed by atoms with E-state index in [1.165, 1.54) is 40.4 Å². The van der Waals surface area contributed by atoms with Gasteiger partial charge in [0.15, 0.2) is 5.78 Å². The molecule has 0 saturated carbocycles. The van der Waals surface area contributed by atoms with E-state index in [9.17, 15) is 9.90 Å². The number of carbonyl (C=O) groups excluding carboxylic acids is 1. The van der Waals surface area contributed by atoms with Gasteiger partial charge in [0.1, 0.15) is 5.76 Å². The second-order valence-electron chi connectivity index (χ2n) is 12.1. The van der Waals surface area contributed by atoms with E-state index in [2.05, 4.69) is 77.8 Å². The second kappa shape index (κ2) is 15.1. The van der Waals surface area contributed by atoms with E-state index in [1.54, 1.807) is 5.46 Å². The van der Waals surface area contributed by atoms with Crippen LogP contribution in [-0.2, 0) is 24.9 Å². The molecule has 0 bridgehead atoms. The monoisotopic (exact) mass is 907 g/mol. The Morgan fingerprint density at radius 2 is 1.38 bits per heavy atom. The van der Waals surface area contributed by atoms with Crippen LogP contribution in [0.15, 0.2) is 90.8 Å². The fourth-order valence-corrected chi connectivity index (χ4v) is 11.1. The van der Waals surface area contributed by atoms with Gasteiger partial charge in [0.05, 0.1) is 0 Å². The van der Waals surface area contributed by atoms with E-state index < -0.39 is 0 Å². The van der Waals surface area contributed by atoms with Crippen molar-refractivity contribution in [2.45, 2.75) is 67.2 Å². The third-order valence-electron chi connectivity index (χ3n) is 9.79. The van der Waals surface area contributed by atoms with E-state index in [4.69, 9.17) is 0 Å². The van der Waals surface area contributed by atoms with Crippen LogP contribution in [0.3, 0.4) is 0 Å². The third-order valence-corrected chi connectivity index (χ3v) is 14.8. The summed E-state index contributed by atoms with van der Waals surface area (Å²) in [5.74, 6) is 0.286. The summed E-state index contributed by atoms with van der Waals surface area (Å²) in [7, 11) is 0. The summed E-state index contributed by atoms with van der Waals surface area (Å²) in [6.07, 6.45) is 6.64. The molecule has 2 aliphatic rings. The molecule has 0 spiro atoms. The molecule has 3 aromatic carbocycles. The van der Waals surface area contributed by atoms with Crippen LogP contribution in [0.2, 0.25) is 0 Å². The SMILES string of the molecule is CCC(C)(CC)C(=O)/C=C(\O)C(C)(CC)CC.[Ir].[c-]1cc2c3c(c1-c1ccccn1)[Se]c1ccccc1B3c1ccccc1[Se]2. The van der Waals surface area contributed by atoms with Crippen molar-refractivity contribution in [2.24, 2.45) is 10.8 Å². The van der Waals surface area contributed by atoms with E-state index in [-0.39, 0.29) is 57.4 Å². The molecule has 1 radical (unpaired) electrons. The molecule has 0 amide bonds. The van der Waals surface area contributed by atoms with E-state index in [1.807, 2.05) is 53.8 Å². The molecule has 0 aliphatic carbocycles. The maximum atomic E-state index is 12.2. The fourth-order valence-electron chi connectivity index (χ4n) is 5.71. The first-order valence-electron chi connectivity index (χ1n) is 15.7. The number of aromatic nitrogens is 1. The van der Waals surface area contributed by atoms with Crippen molar-refractivity contribution in [1.82, 2.24) is 4.98 Å². The number of hydrogen-bond acceptors (Lipinski definition) is 3. The molecule has 3 nitrogen and oxygen atoms in total. The molecule has 1 N–H and O–H groups in total. The van der Waals surface area contributed by atoms with Crippen molar-refractivity contribution >= 4 is 76.6 Å². The molecule has 6 rings (SSSR count). The molecular formula is C38H41BIrNO2Se2-. The number of hydrogen-bond donors (Lipinski definition) is 1. The fraction of sp³-hybridized carbons (Fsp3) is 0.316. The molecule has 0 unspecified atom stereocenters. The molecule has 7 heteroatoms. The summed E-state index contributed by atoms with van der Waals surface area (Å²) in [6, 6.07) is 30.1. The minimum atomic E-state index is -0.337. The summed E-state index contributed by atoms with van der Waals surface area (Å²) in [6.45, 7) is 12.4. The number of fused-ring (bicyclic) bond motifs is 4. The van der Waals surface area contributed by atoms with Gasteiger partial charge in [0.2, 0.25) is 0 Å². The molecule has 235 valence electrons.